The minimum atomic E-state index is -0.501. The second-order valence-electron chi connectivity index (χ2n) is 5.17. The van der Waals surface area contributed by atoms with Gasteiger partial charge in [0.15, 0.2) is 0 Å². The molecular weight excluding hydrogens is 250 g/mol. The van der Waals surface area contributed by atoms with E-state index in [-0.39, 0.29) is 12.0 Å². The molecule has 2 N–H and O–H groups in total. The fourth-order valence-corrected chi connectivity index (χ4v) is 2.70. The number of aliphatic hydroxyl groups is 2. The monoisotopic (exact) mass is 269 g/mol. The van der Waals surface area contributed by atoms with Crippen LogP contribution in [0.3, 0.4) is 0 Å². The Morgan fingerprint density at radius 2 is 2.17 bits per heavy atom. The van der Waals surface area contributed by atoms with Gasteiger partial charge in [0.05, 0.1) is 22.9 Å². The quantitative estimate of drug-likeness (QED) is 0.867. The first-order valence-corrected chi connectivity index (χ1v) is 6.77. The Balaban J connectivity index is 2.19. The number of piperidine rings is 1. The van der Waals surface area contributed by atoms with E-state index >= 15 is 0 Å². The van der Waals surface area contributed by atoms with Crippen LogP contribution in [0.1, 0.15) is 31.9 Å². The number of halogens is 1. The van der Waals surface area contributed by atoms with Crippen molar-refractivity contribution in [2.24, 2.45) is 5.92 Å². The van der Waals surface area contributed by atoms with Gasteiger partial charge in [-0.2, -0.15) is 0 Å². The minimum absolute atomic E-state index is 0.211. The smallest absolute Gasteiger partial charge is 0.0762 e. The van der Waals surface area contributed by atoms with Gasteiger partial charge in [0.2, 0.25) is 0 Å². The van der Waals surface area contributed by atoms with E-state index in [1.165, 1.54) is 0 Å². The van der Waals surface area contributed by atoms with Crippen LogP contribution in [0.15, 0.2) is 18.2 Å². The molecule has 4 heteroatoms. The van der Waals surface area contributed by atoms with E-state index in [1.807, 2.05) is 18.2 Å². The van der Waals surface area contributed by atoms with Gasteiger partial charge in [-0.3, -0.25) is 0 Å². The topological polar surface area (TPSA) is 43.7 Å². The summed E-state index contributed by atoms with van der Waals surface area (Å²) in [5.41, 5.74) is 1.81. The highest BCUT2D eigenvalue weighted by atomic mass is 35.5. The molecule has 0 aliphatic carbocycles. The molecule has 1 aliphatic rings. The normalized spacial score (nSPS) is 26.2. The lowest BCUT2D eigenvalue weighted by Gasteiger charge is -2.36. The largest absolute Gasteiger partial charge is 0.393 e. The molecule has 0 radical (unpaired) electrons. The number of hydrogen-bond donors (Lipinski definition) is 2. The van der Waals surface area contributed by atoms with Gasteiger partial charge in [-0.05, 0) is 37.0 Å². The van der Waals surface area contributed by atoms with Gasteiger partial charge >= 0.3 is 0 Å². The highest BCUT2D eigenvalue weighted by molar-refractivity contribution is 6.33. The first-order chi connectivity index (χ1) is 8.49. The fraction of sp³-hybridized carbons (Fsp3) is 0.571. The van der Waals surface area contributed by atoms with Gasteiger partial charge < -0.3 is 15.1 Å². The van der Waals surface area contributed by atoms with Crippen LogP contribution in [0, 0.1) is 5.92 Å². The summed E-state index contributed by atoms with van der Waals surface area (Å²) >= 11 is 6.28. The van der Waals surface area contributed by atoms with Crippen molar-refractivity contribution in [2.45, 2.75) is 32.5 Å². The average molecular weight is 270 g/mol. The maximum Gasteiger partial charge on any atom is 0.0762 e. The summed E-state index contributed by atoms with van der Waals surface area (Å²) in [5.74, 6) is 0.256. The van der Waals surface area contributed by atoms with Crippen LogP contribution in [0.5, 0.6) is 0 Å². The molecule has 0 amide bonds. The fourth-order valence-electron chi connectivity index (χ4n) is 2.39. The predicted octanol–water partition coefficient (Wildman–Crippen LogP) is 2.60. The summed E-state index contributed by atoms with van der Waals surface area (Å²) in [6.45, 7) is 5.41. The molecule has 1 heterocycles. The Bertz CT molecular complexity index is 422. The number of rotatable bonds is 2. The van der Waals surface area contributed by atoms with Crippen LogP contribution in [0.4, 0.5) is 5.69 Å². The lowest BCUT2D eigenvalue weighted by Crippen LogP contribution is -2.42. The molecule has 1 aromatic carbocycles. The number of hydrogen-bond acceptors (Lipinski definition) is 3. The first kappa shape index (κ1) is 13.7. The van der Waals surface area contributed by atoms with E-state index in [9.17, 15) is 10.2 Å². The van der Waals surface area contributed by atoms with Crippen LogP contribution < -0.4 is 4.90 Å². The van der Waals surface area contributed by atoms with Gasteiger partial charge in [0, 0.05) is 13.1 Å². The third-order valence-corrected chi connectivity index (χ3v) is 3.96. The first-order valence-electron chi connectivity index (χ1n) is 6.39. The summed E-state index contributed by atoms with van der Waals surface area (Å²) in [4.78, 5) is 2.20. The molecule has 0 aromatic heterocycles. The Kier molecular flexibility index (Phi) is 4.15. The Labute approximate surface area is 113 Å². The van der Waals surface area contributed by atoms with Crippen molar-refractivity contribution >= 4 is 17.3 Å². The predicted molar refractivity (Wildman–Crippen MR) is 74.1 cm³/mol. The molecule has 3 atom stereocenters. The lowest BCUT2D eigenvalue weighted by molar-refractivity contribution is 0.0971. The van der Waals surface area contributed by atoms with E-state index in [0.29, 0.717) is 5.02 Å². The molecule has 100 valence electrons. The van der Waals surface area contributed by atoms with Gasteiger partial charge in [0.1, 0.15) is 0 Å². The molecule has 2 unspecified atom stereocenters. The standard InChI is InChI=1S/C14H20ClNO2/c1-9-8-16(6-5-14(9)18)13-4-3-11(10(2)17)7-12(13)15/h3-4,7,9-10,14,17-18H,5-6,8H2,1-2H3/t9?,10-,14?/m0/s1. The third kappa shape index (κ3) is 2.79. The minimum Gasteiger partial charge on any atom is -0.393 e. The summed E-state index contributed by atoms with van der Waals surface area (Å²) < 4.78 is 0. The number of anilines is 1. The van der Waals surface area contributed by atoms with Gasteiger partial charge in [0.25, 0.3) is 0 Å². The molecule has 0 spiro atoms. The van der Waals surface area contributed by atoms with Crippen molar-refractivity contribution in [3.63, 3.8) is 0 Å². The zero-order valence-corrected chi connectivity index (χ0v) is 11.6. The van der Waals surface area contributed by atoms with Crippen LogP contribution in [-0.4, -0.2) is 29.4 Å². The zero-order valence-electron chi connectivity index (χ0n) is 10.8. The van der Waals surface area contributed by atoms with Crippen LogP contribution in [0.25, 0.3) is 0 Å². The van der Waals surface area contributed by atoms with E-state index < -0.39 is 6.10 Å². The van der Waals surface area contributed by atoms with Gasteiger partial charge in [-0.15, -0.1) is 0 Å². The van der Waals surface area contributed by atoms with Crippen LogP contribution in [-0.2, 0) is 0 Å². The summed E-state index contributed by atoms with van der Waals surface area (Å²) in [7, 11) is 0. The molecule has 0 bridgehead atoms. The average Bonchev–Trinajstić information content (AvgIpc) is 2.32. The summed E-state index contributed by atoms with van der Waals surface area (Å²) in [6.07, 6.45) is 0.0609. The van der Waals surface area contributed by atoms with Crippen LogP contribution in [0.2, 0.25) is 5.02 Å². The highest BCUT2D eigenvalue weighted by Crippen LogP contribution is 2.31. The van der Waals surface area contributed by atoms with Crippen molar-refractivity contribution in [2.75, 3.05) is 18.0 Å². The van der Waals surface area contributed by atoms with E-state index in [2.05, 4.69) is 11.8 Å². The number of nitrogens with zero attached hydrogens (tertiary/aromatic N) is 1. The molecule has 1 saturated heterocycles. The Hall–Kier alpha value is -0.770. The Morgan fingerprint density at radius 3 is 2.72 bits per heavy atom. The second-order valence-corrected chi connectivity index (χ2v) is 5.57. The summed E-state index contributed by atoms with van der Waals surface area (Å²) in [5, 5.41) is 19.9. The maximum absolute atomic E-state index is 9.74. The van der Waals surface area contributed by atoms with Crippen molar-refractivity contribution in [1.29, 1.82) is 0 Å². The lowest BCUT2D eigenvalue weighted by atomic mass is 9.96. The molecule has 1 aliphatic heterocycles. The van der Waals surface area contributed by atoms with Crippen molar-refractivity contribution in [3.05, 3.63) is 28.8 Å². The van der Waals surface area contributed by atoms with E-state index in [1.54, 1.807) is 6.92 Å². The second kappa shape index (κ2) is 5.47. The van der Waals surface area contributed by atoms with Crippen molar-refractivity contribution < 1.29 is 10.2 Å². The SMILES string of the molecule is CC1CN(c2ccc([C@H](C)O)cc2Cl)CCC1O. The number of aliphatic hydroxyl groups excluding tert-OH is 2. The molecule has 2 rings (SSSR count). The molecule has 1 fully saturated rings. The molecule has 3 nitrogen and oxygen atoms in total. The highest BCUT2D eigenvalue weighted by Gasteiger charge is 2.25. The van der Waals surface area contributed by atoms with E-state index in [4.69, 9.17) is 11.6 Å². The maximum atomic E-state index is 9.74. The Morgan fingerprint density at radius 1 is 1.44 bits per heavy atom. The number of benzene rings is 1. The third-order valence-electron chi connectivity index (χ3n) is 3.65. The summed E-state index contributed by atoms with van der Waals surface area (Å²) in [6, 6.07) is 5.67. The van der Waals surface area contributed by atoms with Crippen molar-refractivity contribution in [3.8, 4) is 0 Å². The molecule has 0 saturated carbocycles. The molecule has 18 heavy (non-hydrogen) atoms. The van der Waals surface area contributed by atoms with Crippen LogP contribution >= 0.6 is 11.6 Å². The van der Waals surface area contributed by atoms with Gasteiger partial charge in [-0.1, -0.05) is 24.6 Å². The van der Waals surface area contributed by atoms with E-state index in [0.717, 1.165) is 30.8 Å². The zero-order chi connectivity index (χ0) is 13.3. The van der Waals surface area contributed by atoms with Crippen molar-refractivity contribution in [1.82, 2.24) is 0 Å². The molecular formula is C14H20ClNO2. The molecule has 1 aromatic rings. The van der Waals surface area contributed by atoms with Gasteiger partial charge in [-0.25, -0.2) is 0 Å².